The van der Waals surface area contributed by atoms with Crippen molar-refractivity contribution in [1.29, 1.82) is 0 Å². The summed E-state index contributed by atoms with van der Waals surface area (Å²) in [4.78, 5) is 2.36. The van der Waals surface area contributed by atoms with E-state index in [0.29, 0.717) is 0 Å². The van der Waals surface area contributed by atoms with Crippen LogP contribution in [0.3, 0.4) is 0 Å². The SMILES string of the molecule is CNC(c1cc(OC)cs1)c1sccc1Cl. The minimum atomic E-state index is 0.154. The highest BCUT2D eigenvalue weighted by molar-refractivity contribution is 7.12. The zero-order valence-electron chi connectivity index (χ0n) is 8.99. The highest BCUT2D eigenvalue weighted by Gasteiger charge is 2.18. The third kappa shape index (κ3) is 2.25. The van der Waals surface area contributed by atoms with Gasteiger partial charge in [-0.3, -0.25) is 0 Å². The average molecular weight is 274 g/mol. The van der Waals surface area contributed by atoms with Gasteiger partial charge in [0, 0.05) is 15.1 Å². The molecular formula is C11H12ClNOS2. The quantitative estimate of drug-likeness (QED) is 0.915. The van der Waals surface area contributed by atoms with Crippen molar-refractivity contribution in [3.05, 3.63) is 37.7 Å². The van der Waals surface area contributed by atoms with E-state index in [1.807, 2.05) is 29.9 Å². The summed E-state index contributed by atoms with van der Waals surface area (Å²) in [7, 11) is 3.62. The molecule has 1 unspecified atom stereocenters. The number of nitrogens with one attached hydrogen (secondary N) is 1. The lowest BCUT2D eigenvalue weighted by Gasteiger charge is -2.12. The Kier molecular flexibility index (Phi) is 3.86. The molecule has 0 aliphatic carbocycles. The second-order valence-electron chi connectivity index (χ2n) is 3.24. The standard InChI is InChI=1S/C11H12ClNOS2/c1-13-10(11-8(12)3-4-15-11)9-5-7(14-2)6-16-9/h3-6,10,13H,1-2H3. The number of rotatable bonds is 4. The summed E-state index contributed by atoms with van der Waals surface area (Å²) in [6.07, 6.45) is 0. The maximum absolute atomic E-state index is 6.15. The average Bonchev–Trinajstić information content (AvgIpc) is 2.90. The molecule has 0 amide bonds. The van der Waals surface area contributed by atoms with Crippen molar-refractivity contribution in [2.75, 3.05) is 14.2 Å². The maximum atomic E-state index is 6.15. The summed E-state index contributed by atoms with van der Waals surface area (Å²) in [5.74, 6) is 0.896. The molecule has 0 radical (unpaired) electrons. The van der Waals surface area contributed by atoms with Gasteiger partial charge in [-0.25, -0.2) is 0 Å². The van der Waals surface area contributed by atoms with Crippen LogP contribution in [0.4, 0.5) is 0 Å². The molecule has 0 aromatic carbocycles. The molecule has 0 fully saturated rings. The molecular weight excluding hydrogens is 262 g/mol. The van der Waals surface area contributed by atoms with Crippen LogP contribution in [-0.4, -0.2) is 14.2 Å². The first-order valence-electron chi connectivity index (χ1n) is 4.79. The van der Waals surface area contributed by atoms with Gasteiger partial charge in [-0.1, -0.05) is 11.6 Å². The predicted molar refractivity (Wildman–Crippen MR) is 71.1 cm³/mol. The number of hydrogen-bond donors (Lipinski definition) is 1. The molecule has 86 valence electrons. The third-order valence-electron chi connectivity index (χ3n) is 2.31. The smallest absolute Gasteiger partial charge is 0.129 e. The fourth-order valence-corrected chi connectivity index (χ4v) is 3.85. The van der Waals surface area contributed by atoms with E-state index >= 15 is 0 Å². The Morgan fingerprint density at radius 2 is 2.25 bits per heavy atom. The van der Waals surface area contributed by atoms with Gasteiger partial charge in [0.2, 0.25) is 0 Å². The minimum absolute atomic E-state index is 0.154. The highest BCUT2D eigenvalue weighted by Crippen LogP contribution is 2.36. The topological polar surface area (TPSA) is 21.3 Å². The minimum Gasteiger partial charge on any atom is -0.496 e. The van der Waals surface area contributed by atoms with Crippen LogP contribution in [0, 0.1) is 0 Å². The van der Waals surface area contributed by atoms with Gasteiger partial charge in [-0.05, 0) is 24.6 Å². The molecule has 0 saturated heterocycles. The lowest BCUT2D eigenvalue weighted by Crippen LogP contribution is -2.15. The van der Waals surface area contributed by atoms with Gasteiger partial charge in [0.25, 0.3) is 0 Å². The Balaban J connectivity index is 2.32. The maximum Gasteiger partial charge on any atom is 0.129 e. The Morgan fingerprint density at radius 3 is 2.75 bits per heavy atom. The van der Waals surface area contributed by atoms with E-state index in [0.717, 1.165) is 15.6 Å². The lowest BCUT2D eigenvalue weighted by atomic mass is 10.2. The second-order valence-corrected chi connectivity index (χ2v) is 5.54. The van der Waals surface area contributed by atoms with Crippen LogP contribution in [0.2, 0.25) is 5.02 Å². The fourth-order valence-electron chi connectivity index (χ4n) is 1.51. The first-order valence-corrected chi connectivity index (χ1v) is 6.92. The number of halogens is 1. The second kappa shape index (κ2) is 5.19. The van der Waals surface area contributed by atoms with Gasteiger partial charge < -0.3 is 10.1 Å². The van der Waals surface area contributed by atoms with Crippen LogP contribution < -0.4 is 10.1 Å². The number of methoxy groups -OCH3 is 1. The summed E-state index contributed by atoms with van der Waals surface area (Å²) in [5, 5.41) is 8.10. The molecule has 2 aromatic heterocycles. The van der Waals surface area contributed by atoms with E-state index < -0.39 is 0 Å². The van der Waals surface area contributed by atoms with Gasteiger partial charge in [-0.2, -0.15) is 0 Å². The monoisotopic (exact) mass is 273 g/mol. The van der Waals surface area contributed by atoms with E-state index in [1.54, 1.807) is 29.8 Å². The van der Waals surface area contributed by atoms with Gasteiger partial charge in [0.15, 0.2) is 0 Å². The molecule has 0 aliphatic heterocycles. The van der Waals surface area contributed by atoms with E-state index in [1.165, 1.54) is 4.88 Å². The zero-order valence-corrected chi connectivity index (χ0v) is 11.4. The summed E-state index contributed by atoms with van der Waals surface area (Å²) in [6.45, 7) is 0. The van der Waals surface area contributed by atoms with E-state index in [4.69, 9.17) is 16.3 Å². The summed E-state index contributed by atoms with van der Waals surface area (Å²) < 4.78 is 5.19. The molecule has 2 heterocycles. The van der Waals surface area contributed by atoms with Crippen molar-refractivity contribution in [3.63, 3.8) is 0 Å². The molecule has 1 N–H and O–H groups in total. The van der Waals surface area contributed by atoms with E-state index in [2.05, 4.69) is 5.32 Å². The molecule has 5 heteroatoms. The summed E-state index contributed by atoms with van der Waals surface area (Å²) in [5.41, 5.74) is 0. The molecule has 2 rings (SSSR count). The van der Waals surface area contributed by atoms with Crippen LogP contribution in [0.25, 0.3) is 0 Å². The zero-order chi connectivity index (χ0) is 11.5. The highest BCUT2D eigenvalue weighted by atomic mass is 35.5. The molecule has 16 heavy (non-hydrogen) atoms. The lowest BCUT2D eigenvalue weighted by molar-refractivity contribution is 0.416. The summed E-state index contributed by atoms with van der Waals surface area (Å²) in [6, 6.07) is 4.12. The predicted octanol–water partition coefficient (Wildman–Crippen LogP) is 3.78. The van der Waals surface area contributed by atoms with Crippen LogP contribution in [0.1, 0.15) is 15.8 Å². The van der Waals surface area contributed by atoms with Crippen molar-refractivity contribution in [3.8, 4) is 5.75 Å². The van der Waals surface area contributed by atoms with Gasteiger partial charge >= 0.3 is 0 Å². The Bertz CT molecular complexity index is 466. The molecule has 2 aromatic rings. The molecule has 0 spiro atoms. The van der Waals surface area contributed by atoms with Crippen molar-refractivity contribution in [2.45, 2.75) is 6.04 Å². The van der Waals surface area contributed by atoms with Crippen LogP contribution in [-0.2, 0) is 0 Å². The van der Waals surface area contributed by atoms with Gasteiger partial charge in [-0.15, -0.1) is 22.7 Å². The molecule has 1 atom stereocenters. The van der Waals surface area contributed by atoms with E-state index in [9.17, 15) is 0 Å². The molecule has 0 aliphatic rings. The molecule has 0 bridgehead atoms. The van der Waals surface area contributed by atoms with Crippen molar-refractivity contribution < 1.29 is 4.74 Å². The van der Waals surface area contributed by atoms with Crippen molar-refractivity contribution in [2.24, 2.45) is 0 Å². The van der Waals surface area contributed by atoms with Crippen molar-refractivity contribution in [1.82, 2.24) is 5.32 Å². The number of thiophene rings is 2. The van der Waals surface area contributed by atoms with Gasteiger partial charge in [0.1, 0.15) is 5.75 Å². The van der Waals surface area contributed by atoms with Crippen LogP contribution in [0.15, 0.2) is 22.9 Å². The normalized spacial score (nSPS) is 12.7. The van der Waals surface area contributed by atoms with Crippen LogP contribution >= 0.6 is 34.3 Å². The third-order valence-corrected chi connectivity index (χ3v) is 4.71. The Labute approximate surface area is 108 Å². The number of hydrogen-bond acceptors (Lipinski definition) is 4. The van der Waals surface area contributed by atoms with Crippen molar-refractivity contribution >= 4 is 34.3 Å². The largest absolute Gasteiger partial charge is 0.496 e. The van der Waals surface area contributed by atoms with E-state index in [-0.39, 0.29) is 6.04 Å². The summed E-state index contributed by atoms with van der Waals surface area (Å²) >= 11 is 9.49. The Hall–Kier alpha value is -0.550. The number of ether oxygens (including phenoxy) is 1. The Morgan fingerprint density at radius 1 is 1.44 bits per heavy atom. The first-order chi connectivity index (χ1) is 7.76. The van der Waals surface area contributed by atoms with Crippen LogP contribution in [0.5, 0.6) is 5.75 Å². The first kappa shape index (κ1) is 11.9. The molecule has 2 nitrogen and oxygen atoms in total. The molecule has 0 saturated carbocycles. The van der Waals surface area contributed by atoms with Gasteiger partial charge in [0.05, 0.1) is 18.2 Å². The fraction of sp³-hybridized carbons (Fsp3) is 0.273.